The minimum atomic E-state index is -0.276. The highest BCUT2D eigenvalue weighted by atomic mass is 35.5. The average molecular weight is 423 g/mol. The molecule has 2 aromatic carbocycles. The Morgan fingerprint density at radius 1 is 1.10 bits per heavy atom. The lowest BCUT2D eigenvalue weighted by atomic mass is 10.1. The fourth-order valence-electron chi connectivity index (χ4n) is 3.56. The summed E-state index contributed by atoms with van der Waals surface area (Å²) in [5.41, 5.74) is 4.04. The van der Waals surface area contributed by atoms with Gasteiger partial charge in [0.2, 0.25) is 0 Å². The SMILES string of the molecule is C=CCN1C(=O)S/C(=C/c2c(C)n(Cc3ccccc3Cl)c3ccccc23)C1=O. The van der Waals surface area contributed by atoms with Gasteiger partial charge in [0.05, 0.1) is 4.91 Å². The Morgan fingerprint density at radius 3 is 2.59 bits per heavy atom. The Balaban J connectivity index is 1.81. The van der Waals surface area contributed by atoms with Gasteiger partial charge in [-0.3, -0.25) is 14.5 Å². The molecule has 1 aliphatic heterocycles. The van der Waals surface area contributed by atoms with Crippen molar-refractivity contribution in [3.63, 3.8) is 0 Å². The van der Waals surface area contributed by atoms with Gasteiger partial charge in [-0.25, -0.2) is 0 Å². The normalized spacial score (nSPS) is 15.7. The molecule has 0 saturated carbocycles. The van der Waals surface area contributed by atoms with E-state index in [4.69, 9.17) is 11.6 Å². The van der Waals surface area contributed by atoms with E-state index in [0.29, 0.717) is 11.4 Å². The molecule has 0 aliphatic carbocycles. The van der Waals surface area contributed by atoms with Crippen molar-refractivity contribution in [3.05, 3.63) is 87.9 Å². The Hall–Kier alpha value is -2.76. The van der Waals surface area contributed by atoms with Gasteiger partial charge in [-0.2, -0.15) is 0 Å². The smallest absolute Gasteiger partial charge is 0.293 e. The van der Waals surface area contributed by atoms with E-state index in [-0.39, 0.29) is 17.7 Å². The summed E-state index contributed by atoms with van der Waals surface area (Å²) in [7, 11) is 0. The predicted molar refractivity (Wildman–Crippen MR) is 120 cm³/mol. The van der Waals surface area contributed by atoms with Crippen molar-refractivity contribution in [1.82, 2.24) is 9.47 Å². The number of fused-ring (bicyclic) bond motifs is 1. The fraction of sp³-hybridized carbons (Fsp3) is 0.130. The van der Waals surface area contributed by atoms with Gasteiger partial charge >= 0.3 is 0 Å². The van der Waals surface area contributed by atoms with Crippen LogP contribution < -0.4 is 0 Å². The van der Waals surface area contributed by atoms with Crippen LogP contribution in [0.3, 0.4) is 0 Å². The van der Waals surface area contributed by atoms with Crippen molar-refractivity contribution in [3.8, 4) is 0 Å². The number of halogens is 1. The lowest BCUT2D eigenvalue weighted by molar-refractivity contribution is -0.122. The van der Waals surface area contributed by atoms with Crippen LogP contribution in [0.4, 0.5) is 4.79 Å². The molecule has 0 spiro atoms. The third-order valence-electron chi connectivity index (χ3n) is 5.03. The summed E-state index contributed by atoms with van der Waals surface area (Å²) in [6, 6.07) is 15.8. The van der Waals surface area contributed by atoms with Crippen molar-refractivity contribution in [1.29, 1.82) is 0 Å². The maximum Gasteiger partial charge on any atom is 0.293 e. The van der Waals surface area contributed by atoms with E-state index in [2.05, 4.69) is 17.2 Å². The summed E-state index contributed by atoms with van der Waals surface area (Å²) in [5, 5.41) is 1.49. The zero-order chi connectivity index (χ0) is 20.5. The van der Waals surface area contributed by atoms with E-state index in [1.807, 2.05) is 55.5 Å². The highest BCUT2D eigenvalue weighted by Crippen LogP contribution is 2.36. The molecule has 4 rings (SSSR count). The number of benzene rings is 2. The molecule has 0 unspecified atom stereocenters. The number of hydrogen-bond acceptors (Lipinski definition) is 3. The molecule has 1 aromatic heterocycles. The molecule has 3 aromatic rings. The summed E-state index contributed by atoms with van der Waals surface area (Å²) >= 11 is 7.35. The summed E-state index contributed by atoms with van der Waals surface area (Å²) < 4.78 is 2.19. The number of imide groups is 1. The van der Waals surface area contributed by atoms with Gasteiger partial charge in [0.25, 0.3) is 11.1 Å². The van der Waals surface area contributed by atoms with Gasteiger partial charge in [0.1, 0.15) is 0 Å². The van der Waals surface area contributed by atoms with Crippen molar-refractivity contribution in [2.45, 2.75) is 13.5 Å². The van der Waals surface area contributed by atoms with E-state index in [1.54, 1.807) is 6.08 Å². The van der Waals surface area contributed by atoms with Gasteiger partial charge in [-0.1, -0.05) is 54.1 Å². The standard InChI is InChI=1S/C23H19ClN2O2S/c1-3-12-25-22(27)21(29-23(25)28)13-18-15(2)26(20-11-7-5-9-17(18)20)14-16-8-4-6-10-19(16)24/h3-11,13H,1,12,14H2,2H3/b21-13+. The molecule has 0 radical (unpaired) electrons. The maximum absolute atomic E-state index is 12.6. The quantitative estimate of drug-likeness (QED) is 0.381. The number of aromatic nitrogens is 1. The van der Waals surface area contributed by atoms with Crippen LogP contribution in [-0.4, -0.2) is 27.2 Å². The van der Waals surface area contributed by atoms with Crippen LogP contribution in [0.15, 0.2) is 66.1 Å². The second-order valence-electron chi connectivity index (χ2n) is 6.77. The third-order valence-corrected chi connectivity index (χ3v) is 6.30. The van der Waals surface area contributed by atoms with Crippen LogP contribution in [0.25, 0.3) is 17.0 Å². The summed E-state index contributed by atoms with van der Waals surface area (Å²) in [5.74, 6) is -0.276. The molecular formula is C23H19ClN2O2S. The van der Waals surface area contributed by atoms with Crippen molar-refractivity contribution in [2.24, 2.45) is 0 Å². The number of nitrogens with zero attached hydrogens (tertiary/aromatic N) is 2. The second-order valence-corrected chi connectivity index (χ2v) is 8.18. The number of hydrogen-bond donors (Lipinski definition) is 0. The Morgan fingerprint density at radius 2 is 1.83 bits per heavy atom. The number of para-hydroxylation sites is 1. The molecule has 29 heavy (non-hydrogen) atoms. The Kier molecular flexibility index (Phi) is 5.35. The van der Waals surface area contributed by atoms with Crippen molar-refractivity contribution in [2.75, 3.05) is 6.54 Å². The summed E-state index contributed by atoms with van der Waals surface area (Å²) in [6.07, 6.45) is 3.38. The summed E-state index contributed by atoms with van der Waals surface area (Å²) in [6.45, 7) is 6.48. The van der Waals surface area contributed by atoms with E-state index in [0.717, 1.165) is 44.5 Å². The fourth-order valence-corrected chi connectivity index (χ4v) is 4.58. The largest absolute Gasteiger partial charge is 0.340 e. The molecule has 2 heterocycles. The van der Waals surface area contributed by atoms with Crippen LogP contribution in [0.5, 0.6) is 0 Å². The van der Waals surface area contributed by atoms with Gasteiger partial charge in [0.15, 0.2) is 0 Å². The van der Waals surface area contributed by atoms with Gasteiger partial charge < -0.3 is 4.57 Å². The number of thioether (sulfide) groups is 1. The van der Waals surface area contributed by atoms with E-state index >= 15 is 0 Å². The molecule has 146 valence electrons. The van der Waals surface area contributed by atoms with Gasteiger partial charge in [-0.15, -0.1) is 6.58 Å². The van der Waals surface area contributed by atoms with Gasteiger partial charge in [0, 0.05) is 40.3 Å². The highest BCUT2D eigenvalue weighted by molar-refractivity contribution is 8.18. The number of carbonyl (C=O) groups is 2. The van der Waals surface area contributed by atoms with E-state index in [1.165, 1.54) is 4.90 Å². The molecule has 6 heteroatoms. The Bertz CT molecular complexity index is 1180. The van der Waals surface area contributed by atoms with Crippen LogP contribution in [0.2, 0.25) is 5.02 Å². The van der Waals surface area contributed by atoms with Crippen LogP contribution >= 0.6 is 23.4 Å². The van der Waals surface area contributed by atoms with Crippen LogP contribution in [0.1, 0.15) is 16.8 Å². The molecule has 4 nitrogen and oxygen atoms in total. The number of carbonyl (C=O) groups excluding carboxylic acids is 2. The van der Waals surface area contributed by atoms with E-state index in [9.17, 15) is 9.59 Å². The predicted octanol–water partition coefficient (Wildman–Crippen LogP) is 5.87. The highest BCUT2D eigenvalue weighted by Gasteiger charge is 2.34. The van der Waals surface area contributed by atoms with Gasteiger partial charge in [-0.05, 0) is 42.5 Å². The molecule has 1 fully saturated rings. The minimum Gasteiger partial charge on any atom is -0.340 e. The first-order valence-corrected chi connectivity index (χ1v) is 10.4. The number of rotatable bonds is 5. The maximum atomic E-state index is 12.6. The lowest BCUT2D eigenvalue weighted by Gasteiger charge is -2.10. The molecule has 1 saturated heterocycles. The van der Waals surface area contributed by atoms with Crippen molar-refractivity contribution >= 4 is 51.5 Å². The topological polar surface area (TPSA) is 42.3 Å². The zero-order valence-electron chi connectivity index (χ0n) is 15.9. The number of amides is 2. The van der Waals surface area contributed by atoms with Crippen molar-refractivity contribution < 1.29 is 9.59 Å². The lowest BCUT2D eigenvalue weighted by Crippen LogP contribution is -2.27. The average Bonchev–Trinajstić information content (AvgIpc) is 3.13. The molecule has 1 aliphatic rings. The monoisotopic (exact) mass is 422 g/mol. The molecule has 0 atom stereocenters. The van der Waals surface area contributed by atoms with E-state index < -0.39 is 0 Å². The summed E-state index contributed by atoms with van der Waals surface area (Å²) in [4.78, 5) is 26.5. The Labute approximate surface area is 178 Å². The molecule has 2 amide bonds. The van der Waals surface area contributed by atoms with Crippen LogP contribution in [0, 0.1) is 6.92 Å². The third kappa shape index (κ3) is 3.52. The zero-order valence-corrected chi connectivity index (χ0v) is 17.5. The first-order valence-electron chi connectivity index (χ1n) is 9.18. The van der Waals surface area contributed by atoms with Crippen LogP contribution in [-0.2, 0) is 11.3 Å². The second kappa shape index (κ2) is 7.93. The minimum absolute atomic E-state index is 0.218. The molecule has 0 bridgehead atoms. The first kappa shape index (κ1) is 19.6. The molecule has 0 N–H and O–H groups in total. The molecular weight excluding hydrogens is 404 g/mol. The first-order chi connectivity index (χ1) is 14.0.